The van der Waals surface area contributed by atoms with Gasteiger partial charge in [-0.25, -0.2) is 0 Å². The van der Waals surface area contributed by atoms with Crippen LogP contribution in [0.3, 0.4) is 0 Å². The zero-order valence-electron chi connectivity index (χ0n) is 11.2. The first kappa shape index (κ1) is 14.3. The Morgan fingerprint density at radius 1 is 1.37 bits per heavy atom. The number of hydrogen-bond donors (Lipinski definition) is 1. The maximum Gasteiger partial charge on any atom is 0.227 e. The van der Waals surface area contributed by atoms with Gasteiger partial charge in [0.25, 0.3) is 0 Å². The standard InChI is InChI=1S/C14H20ClN3O/c1-17-6-7-18(13(9-16)10-17)14(19)8-11-2-4-12(15)5-3-11/h2-5,13H,6-10,16H2,1H3. The summed E-state index contributed by atoms with van der Waals surface area (Å²) in [5.41, 5.74) is 6.76. The summed E-state index contributed by atoms with van der Waals surface area (Å²) in [6.45, 7) is 3.02. The number of nitrogens with zero attached hydrogens (tertiary/aromatic N) is 2. The van der Waals surface area contributed by atoms with Gasteiger partial charge < -0.3 is 15.5 Å². The average Bonchev–Trinajstić information content (AvgIpc) is 2.41. The van der Waals surface area contributed by atoms with Crippen LogP contribution in [0.25, 0.3) is 0 Å². The fraction of sp³-hybridized carbons (Fsp3) is 0.500. The van der Waals surface area contributed by atoms with Crippen LogP contribution in [0.4, 0.5) is 0 Å². The molecule has 1 atom stereocenters. The summed E-state index contributed by atoms with van der Waals surface area (Å²) in [6, 6.07) is 7.54. The molecule has 0 radical (unpaired) electrons. The zero-order chi connectivity index (χ0) is 13.8. The van der Waals surface area contributed by atoms with E-state index in [1.54, 1.807) is 0 Å². The topological polar surface area (TPSA) is 49.6 Å². The lowest BCUT2D eigenvalue weighted by Crippen LogP contribution is -2.57. The normalized spacial score (nSPS) is 20.6. The number of hydrogen-bond acceptors (Lipinski definition) is 3. The van der Waals surface area contributed by atoms with Crippen LogP contribution in [0.2, 0.25) is 5.02 Å². The third kappa shape index (κ3) is 3.69. The number of carbonyl (C=O) groups excluding carboxylic acids is 1. The summed E-state index contributed by atoms with van der Waals surface area (Å²) in [5.74, 6) is 0.144. The highest BCUT2D eigenvalue weighted by atomic mass is 35.5. The van der Waals surface area contributed by atoms with E-state index in [1.165, 1.54) is 0 Å². The first-order valence-corrected chi connectivity index (χ1v) is 6.90. The second-order valence-electron chi connectivity index (χ2n) is 5.04. The van der Waals surface area contributed by atoms with Crippen LogP contribution in [0.1, 0.15) is 5.56 Å². The Morgan fingerprint density at radius 2 is 2.05 bits per heavy atom. The highest BCUT2D eigenvalue weighted by Gasteiger charge is 2.27. The van der Waals surface area contributed by atoms with Gasteiger partial charge in [0.1, 0.15) is 0 Å². The average molecular weight is 282 g/mol. The minimum absolute atomic E-state index is 0.124. The van der Waals surface area contributed by atoms with Crippen LogP contribution in [0, 0.1) is 0 Å². The summed E-state index contributed by atoms with van der Waals surface area (Å²) in [5, 5.41) is 0.690. The van der Waals surface area contributed by atoms with E-state index in [-0.39, 0.29) is 11.9 Å². The number of likely N-dealkylation sites (N-methyl/N-ethyl adjacent to an activating group) is 1. The Labute approximate surface area is 119 Å². The van der Waals surface area contributed by atoms with Crippen LogP contribution >= 0.6 is 11.6 Å². The first-order chi connectivity index (χ1) is 9.10. The predicted octanol–water partition coefficient (Wildman–Crippen LogP) is 0.984. The molecule has 1 unspecified atom stereocenters. The molecule has 0 spiro atoms. The highest BCUT2D eigenvalue weighted by Crippen LogP contribution is 2.13. The van der Waals surface area contributed by atoms with E-state index in [4.69, 9.17) is 17.3 Å². The summed E-state index contributed by atoms with van der Waals surface area (Å²) in [4.78, 5) is 16.5. The number of carbonyl (C=O) groups is 1. The molecule has 1 aliphatic rings. The highest BCUT2D eigenvalue weighted by molar-refractivity contribution is 6.30. The molecular weight excluding hydrogens is 262 g/mol. The minimum atomic E-state index is 0.124. The Balaban J connectivity index is 2.00. The predicted molar refractivity (Wildman–Crippen MR) is 77.2 cm³/mol. The monoisotopic (exact) mass is 281 g/mol. The van der Waals surface area contributed by atoms with Gasteiger partial charge in [0, 0.05) is 31.2 Å². The molecule has 2 N–H and O–H groups in total. The van der Waals surface area contributed by atoms with Gasteiger partial charge in [0.15, 0.2) is 0 Å². The van der Waals surface area contributed by atoms with Crippen LogP contribution in [0.5, 0.6) is 0 Å². The van der Waals surface area contributed by atoms with Crippen LogP contribution in [-0.4, -0.2) is 55.0 Å². The molecule has 2 rings (SSSR count). The first-order valence-electron chi connectivity index (χ1n) is 6.52. The van der Waals surface area contributed by atoms with Crippen molar-refractivity contribution in [2.24, 2.45) is 5.73 Å². The van der Waals surface area contributed by atoms with Crippen LogP contribution in [-0.2, 0) is 11.2 Å². The molecular formula is C14H20ClN3O. The lowest BCUT2D eigenvalue weighted by Gasteiger charge is -2.39. The molecule has 0 saturated carbocycles. The van der Waals surface area contributed by atoms with Crippen molar-refractivity contribution < 1.29 is 4.79 Å². The lowest BCUT2D eigenvalue weighted by atomic mass is 10.1. The molecule has 0 bridgehead atoms. The van der Waals surface area contributed by atoms with Gasteiger partial charge in [0.05, 0.1) is 12.5 Å². The third-order valence-corrected chi connectivity index (χ3v) is 3.80. The Bertz CT molecular complexity index is 435. The Morgan fingerprint density at radius 3 is 2.68 bits per heavy atom. The minimum Gasteiger partial charge on any atom is -0.336 e. The van der Waals surface area contributed by atoms with E-state index in [2.05, 4.69) is 11.9 Å². The fourth-order valence-electron chi connectivity index (χ4n) is 2.42. The van der Waals surface area contributed by atoms with E-state index in [0.717, 1.165) is 25.2 Å². The van der Waals surface area contributed by atoms with Crippen molar-refractivity contribution in [3.63, 3.8) is 0 Å². The number of piperazine rings is 1. The van der Waals surface area contributed by atoms with E-state index >= 15 is 0 Å². The second kappa shape index (κ2) is 6.37. The maximum atomic E-state index is 12.3. The van der Waals surface area contributed by atoms with Crippen molar-refractivity contribution in [2.45, 2.75) is 12.5 Å². The van der Waals surface area contributed by atoms with Crippen molar-refractivity contribution in [3.05, 3.63) is 34.9 Å². The van der Waals surface area contributed by atoms with Gasteiger partial charge in [-0.15, -0.1) is 0 Å². The van der Waals surface area contributed by atoms with Crippen molar-refractivity contribution >= 4 is 17.5 Å². The molecule has 1 aromatic rings. The molecule has 104 valence electrons. The Kier molecular flexibility index (Phi) is 4.80. The van der Waals surface area contributed by atoms with Gasteiger partial charge in [-0.2, -0.15) is 0 Å². The van der Waals surface area contributed by atoms with Crippen molar-refractivity contribution in [3.8, 4) is 0 Å². The SMILES string of the molecule is CN1CCN(C(=O)Cc2ccc(Cl)cc2)C(CN)C1. The van der Waals surface area contributed by atoms with Gasteiger partial charge >= 0.3 is 0 Å². The fourth-order valence-corrected chi connectivity index (χ4v) is 2.55. The van der Waals surface area contributed by atoms with Crippen molar-refractivity contribution in [1.29, 1.82) is 0 Å². The largest absolute Gasteiger partial charge is 0.336 e. The molecule has 1 aliphatic heterocycles. The van der Waals surface area contributed by atoms with E-state index < -0.39 is 0 Å². The zero-order valence-corrected chi connectivity index (χ0v) is 11.9. The molecule has 1 saturated heterocycles. The lowest BCUT2D eigenvalue weighted by molar-refractivity contribution is -0.134. The number of rotatable bonds is 3. The quantitative estimate of drug-likeness (QED) is 0.899. The number of nitrogens with two attached hydrogens (primary N) is 1. The van der Waals surface area contributed by atoms with Crippen LogP contribution < -0.4 is 5.73 Å². The summed E-state index contributed by atoms with van der Waals surface area (Å²) >= 11 is 5.84. The van der Waals surface area contributed by atoms with Gasteiger partial charge in [-0.3, -0.25) is 4.79 Å². The number of amides is 1. The third-order valence-electron chi connectivity index (χ3n) is 3.55. The number of halogens is 1. The summed E-state index contributed by atoms with van der Waals surface area (Å²) in [6.07, 6.45) is 0.414. The summed E-state index contributed by atoms with van der Waals surface area (Å²) in [7, 11) is 2.06. The van der Waals surface area contributed by atoms with Gasteiger partial charge in [0.2, 0.25) is 5.91 Å². The summed E-state index contributed by atoms with van der Waals surface area (Å²) < 4.78 is 0. The molecule has 4 nitrogen and oxygen atoms in total. The molecule has 5 heteroatoms. The van der Waals surface area contributed by atoms with Gasteiger partial charge in [-0.05, 0) is 24.7 Å². The maximum absolute atomic E-state index is 12.3. The molecule has 1 fully saturated rings. The second-order valence-corrected chi connectivity index (χ2v) is 5.48. The van der Waals surface area contributed by atoms with E-state index in [1.807, 2.05) is 29.2 Å². The number of benzene rings is 1. The molecule has 19 heavy (non-hydrogen) atoms. The van der Waals surface area contributed by atoms with Crippen LogP contribution in [0.15, 0.2) is 24.3 Å². The molecule has 0 aliphatic carbocycles. The molecule has 1 amide bonds. The Hall–Kier alpha value is -1.10. The van der Waals surface area contributed by atoms with E-state index in [9.17, 15) is 4.79 Å². The van der Waals surface area contributed by atoms with E-state index in [0.29, 0.717) is 18.0 Å². The molecule has 1 heterocycles. The van der Waals surface area contributed by atoms with Crippen molar-refractivity contribution in [1.82, 2.24) is 9.80 Å². The van der Waals surface area contributed by atoms with Gasteiger partial charge in [-0.1, -0.05) is 23.7 Å². The molecule has 0 aromatic heterocycles. The smallest absolute Gasteiger partial charge is 0.227 e. The van der Waals surface area contributed by atoms with Crippen molar-refractivity contribution in [2.75, 3.05) is 33.2 Å². The molecule has 1 aromatic carbocycles.